The summed E-state index contributed by atoms with van der Waals surface area (Å²) in [6, 6.07) is 0.0648. The van der Waals surface area contributed by atoms with Gasteiger partial charge in [-0.05, 0) is 13.5 Å². The fraction of sp³-hybridized carbons (Fsp3) is 0.800. The van der Waals surface area contributed by atoms with Crippen molar-refractivity contribution in [1.29, 1.82) is 5.41 Å². The lowest BCUT2D eigenvalue weighted by Crippen LogP contribution is -2.37. The van der Waals surface area contributed by atoms with Crippen LogP contribution in [-0.4, -0.2) is 18.9 Å². The second-order valence-corrected chi connectivity index (χ2v) is 1.70. The molecule has 0 radical (unpaired) electrons. The van der Waals surface area contributed by atoms with Crippen molar-refractivity contribution in [2.75, 3.05) is 7.05 Å². The molecule has 52 valence electrons. The molecule has 8 heavy (non-hydrogen) atoms. The summed E-state index contributed by atoms with van der Waals surface area (Å²) in [5, 5.41) is 9.87. The average molecular weight is 119 g/mol. The van der Waals surface area contributed by atoms with Gasteiger partial charge in [0.25, 0.3) is 0 Å². The molecule has 3 heteroatoms. The molecule has 0 aromatic rings. The first-order chi connectivity index (χ1) is 3.72. The third kappa shape index (κ3) is 1.93. The topological polar surface area (TPSA) is 61.9 Å². The smallest absolute Gasteiger partial charge is 0.108 e. The molecule has 0 fully saturated rings. The maximum atomic E-state index is 6.97. The fourth-order valence-corrected chi connectivity index (χ4v) is 0.580. The van der Waals surface area contributed by atoms with Gasteiger partial charge in [0, 0.05) is 2.85 Å². The van der Waals surface area contributed by atoms with Crippen molar-refractivity contribution in [2.45, 2.75) is 19.4 Å². The molecule has 0 heterocycles. The molecule has 0 aliphatic rings. The van der Waals surface area contributed by atoms with Crippen LogP contribution in [-0.2, 0) is 0 Å². The van der Waals surface area contributed by atoms with E-state index in [0.717, 1.165) is 6.42 Å². The molecule has 4 N–H and O–H groups in total. The average Bonchev–Trinajstić information content (AvgIpc) is 1.69. The summed E-state index contributed by atoms with van der Waals surface area (Å²) in [5.74, 6) is 0.218. The van der Waals surface area contributed by atoms with E-state index in [1.165, 1.54) is 0 Å². The first-order valence-electron chi connectivity index (χ1n) is 2.73. The number of rotatable bonds is 3. The van der Waals surface area contributed by atoms with Crippen LogP contribution in [0, 0.1) is 5.41 Å². The quantitative estimate of drug-likeness (QED) is 0.372. The van der Waals surface area contributed by atoms with Crippen LogP contribution < -0.4 is 11.1 Å². The van der Waals surface area contributed by atoms with Gasteiger partial charge in [0.15, 0.2) is 0 Å². The van der Waals surface area contributed by atoms with E-state index in [1.807, 2.05) is 6.92 Å². The molecule has 0 aromatic heterocycles. The minimum atomic E-state index is 0. The highest BCUT2D eigenvalue weighted by atomic mass is 14.9. The van der Waals surface area contributed by atoms with E-state index in [1.54, 1.807) is 7.05 Å². The van der Waals surface area contributed by atoms with Crippen molar-refractivity contribution >= 4 is 5.84 Å². The molecule has 0 spiro atoms. The predicted octanol–water partition coefficient (Wildman–Crippen LogP) is 0.412. The van der Waals surface area contributed by atoms with Crippen molar-refractivity contribution in [3.8, 4) is 0 Å². The van der Waals surface area contributed by atoms with Gasteiger partial charge >= 0.3 is 0 Å². The maximum absolute atomic E-state index is 6.97. The largest absolute Gasteiger partial charge is 0.386 e. The Balaban J connectivity index is -0.000000245. The minimum Gasteiger partial charge on any atom is -0.386 e. The van der Waals surface area contributed by atoms with Gasteiger partial charge in [-0.2, -0.15) is 0 Å². The van der Waals surface area contributed by atoms with E-state index in [9.17, 15) is 0 Å². The predicted molar refractivity (Wildman–Crippen MR) is 39.3 cm³/mol. The van der Waals surface area contributed by atoms with E-state index < -0.39 is 0 Å². The number of hydrogen-bond donors (Lipinski definition) is 3. The van der Waals surface area contributed by atoms with Crippen molar-refractivity contribution < 1.29 is 2.85 Å². The van der Waals surface area contributed by atoms with Crippen LogP contribution in [0.3, 0.4) is 0 Å². The van der Waals surface area contributed by atoms with Gasteiger partial charge in [0.05, 0.1) is 6.04 Å². The van der Waals surface area contributed by atoms with Gasteiger partial charge in [-0.15, -0.1) is 0 Å². The lowest BCUT2D eigenvalue weighted by Gasteiger charge is -2.09. The Morgan fingerprint density at radius 1 is 2.00 bits per heavy atom. The Morgan fingerprint density at radius 2 is 2.50 bits per heavy atom. The molecule has 0 aliphatic carbocycles. The number of likely N-dealkylation sites (N-methyl/N-ethyl adjacent to an activating group) is 1. The van der Waals surface area contributed by atoms with Crippen LogP contribution in [0.25, 0.3) is 0 Å². The number of amidine groups is 1. The molecule has 0 saturated heterocycles. The van der Waals surface area contributed by atoms with Crippen molar-refractivity contribution in [3.05, 3.63) is 0 Å². The van der Waals surface area contributed by atoms with Crippen LogP contribution in [0.15, 0.2) is 0 Å². The second-order valence-electron chi connectivity index (χ2n) is 1.70. The van der Waals surface area contributed by atoms with Crippen LogP contribution in [0.5, 0.6) is 0 Å². The third-order valence-electron chi connectivity index (χ3n) is 1.13. The molecule has 0 aliphatic heterocycles. The number of nitrogens with two attached hydrogens (primary N) is 1. The van der Waals surface area contributed by atoms with Crippen molar-refractivity contribution in [2.24, 2.45) is 5.73 Å². The van der Waals surface area contributed by atoms with E-state index in [0.29, 0.717) is 0 Å². The van der Waals surface area contributed by atoms with E-state index in [4.69, 9.17) is 11.1 Å². The van der Waals surface area contributed by atoms with Gasteiger partial charge in [-0.25, -0.2) is 0 Å². The standard InChI is InChI=1S/C5H13N3.2H2/c1-3-4(8-2)5(6)7;;/h4,8H,3H2,1-2H3,(H3,6,7);2*1H. The summed E-state index contributed by atoms with van der Waals surface area (Å²) in [5.41, 5.74) is 5.18. The summed E-state index contributed by atoms with van der Waals surface area (Å²) in [6.07, 6.45) is 0.881. The molecule has 1 atom stereocenters. The Hall–Kier alpha value is -0.570. The van der Waals surface area contributed by atoms with E-state index in [2.05, 4.69) is 5.32 Å². The second kappa shape index (κ2) is 3.43. The molecular formula is C5H17N3. The van der Waals surface area contributed by atoms with Crippen molar-refractivity contribution in [1.82, 2.24) is 5.32 Å². The molecule has 1 unspecified atom stereocenters. The first-order valence-corrected chi connectivity index (χ1v) is 2.73. The highest BCUT2D eigenvalue weighted by molar-refractivity contribution is 5.82. The normalized spacial score (nSPS) is 13.2. The van der Waals surface area contributed by atoms with Gasteiger partial charge in [-0.3, -0.25) is 5.41 Å². The van der Waals surface area contributed by atoms with Gasteiger partial charge in [-0.1, -0.05) is 6.92 Å². The zero-order valence-electron chi connectivity index (χ0n) is 5.36. The van der Waals surface area contributed by atoms with Crippen molar-refractivity contribution in [3.63, 3.8) is 0 Å². The summed E-state index contributed by atoms with van der Waals surface area (Å²) in [4.78, 5) is 0. The SMILES string of the molecule is CCC(NC)C(=N)N.[HH].[HH]. The molecule has 0 saturated carbocycles. The summed E-state index contributed by atoms with van der Waals surface area (Å²) < 4.78 is 0. The Bertz CT molecular complexity index is 83.0. The van der Waals surface area contributed by atoms with Crippen LogP contribution in [0.2, 0.25) is 0 Å². The maximum Gasteiger partial charge on any atom is 0.108 e. The van der Waals surface area contributed by atoms with Crippen LogP contribution >= 0.6 is 0 Å². The molecule has 0 rings (SSSR count). The zero-order valence-corrected chi connectivity index (χ0v) is 5.36. The molecule has 0 amide bonds. The number of hydrogen-bond acceptors (Lipinski definition) is 2. The summed E-state index contributed by atoms with van der Waals surface area (Å²) >= 11 is 0. The third-order valence-corrected chi connectivity index (χ3v) is 1.13. The summed E-state index contributed by atoms with van der Waals surface area (Å²) in [7, 11) is 1.80. The molecule has 0 aromatic carbocycles. The van der Waals surface area contributed by atoms with Gasteiger partial charge < -0.3 is 11.1 Å². The molecular weight excluding hydrogens is 102 g/mol. The van der Waals surface area contributed by atoms with Gasteiger partial charge in [0.2, 0.25) is 0 Å². The zero-order chi connectivity index (χ0) is 6.57. The minimum absolute atomic E-state index is 0. The Labute approximate surface area is 52.7 Å². The lowest BCUT2D eigenvalue weighted by molar-refractivity contribution is 0.671. The first kappa shape index (κ1) is 7.43. The highest BCUT2D eigenvalue weighted by Crippen LogP contribution is 1.85. The summed E-state index contributed by atoms with van der Waals surface area (Å²) in [6.45, 7) is 1.99. The molecule has 3 nitrogen and oxygen atoms in total. The van der Waals surface area contributed by atoms with Crippen LogP contribution in [0.1, 0.15) is 16.2 Å². The Kier molecular flexibility index (Phi) is 3.19. The van der Waals surface area contributed by atoms with E-state index in [-0.39, 0.29) is 14.7 Å². The number of nitrogens with one attached hydrogen (secondary N) is 2. The van der Waals surface area contributed by atoms with E-state index >= 15 is 0 Å². The Morgan fingerprint density at radius 3 is 2.50 bits per heavy atom. The lowest BCUT2D eigenvalue weighted by atomic mass is 10.2. The monoisotopic (exact) mass is 119 g/mol. The van der Waals surface area contributed by atoms with Crippen LogP contribution in [0.4, 0.5) is 0 Å². The fourth-order valence-electron chi connectivity index (χ4n) is 0.580. The molecule has 0 bridgehead atoms. The highest BCUT2D eigenvalue weighted by Gasteiger charge is 2.02. The van der Waals surface area contributed by atoms with Gasteiger partial charge in [0.1, 0.15) is 5.84 Å².